The van der Waals surface area contributed by atoms with Crippen molar-refractivity contribution in [3.05, 3.63) is 26.9 Å². The Morgan fingerprint density at radius 1 is 1.25 bits per heavy atom. The molecule has 6 heterocycles. The first-order valence-corrected chi connectivity index (χ1v) is 16.6. The Kier molecular flexibility index (Phi) is 8.39. The molecule has 1 spiro atoms. The summed E-state index contributed by atoms with van der Waals surface area (Å²) < 4.78 is 20.6. The molecule has 15 heteroatoms. The number of aryl methyl sites for hydroxylation is 1. The summed E-state index contributed by atoms with van der Waals surface area (Å²) >= 11 is 4.89. The lowest BCUT2D eigenvalue weighted by molar-refractivity contribution is -0.0490. The molecule has 0 saturated carbocycles. The molecule has 6 rings (SSSR count). The SMILES string of the molecule is Cc1nc(OC2COC3(CCN(C(=O)OC(C)(C)C)CC3)C2)c(C(=O)N[C@@H]2CCCN(c3cc(Br)n4ncnc(N)c34)C2)s1. The van der Waals surface area contributed by atoms with Gasteiger partial charge in [0.1, 0.15) is 28.2 Å². The highest BCUT2D eigenvalue weighted by molar-refractivity contribution is 9.10. The smallest absolute Gasteiger partial charge is 0.410 e. The van der Waals surface area contributed by atoms with Gasteiger partial charge in [-0.15, -0.1) is 11.3 Å². The number of nitrogens with one attached hydrogen (secondary N) is 1. The lowest BCUT2D eigenvalue weighted by atomic mass is 9.88. The third kappa shape index (κ3) is 6.45. The van der Waals surface area contributed by atoms with Crippen LogP contribution >= 0.6 is 27.3 Å². The van der Waals surface area contributed by atoms with Gasteiger partial charge in [-0.1, -0.05) is 0 Å². The summed E-state index contributed by atoms with van der Waals surface area (Å²) in [6, 6.07) is 1.92. The van der Waals surface area contributed by atoms with Gasteiger partial charge in [-0.05, 0) is 75.4 Å². The summed E-state index contributed by atoms with van der Waals surface area (Å²) in [5.41, 5.74) is 6.99. The molecular formula is C29H39BrN8O5S. The summed E-state index contributed by atoms with van der Waals surface area (Å²) in [6.45, 7) is 10.5. The molecule has 1 unspecified atom stereocenters. The molecule has 0 bridgehead atoms. The molecule has 0 radical (unpaired) electrons. The van der Waals surface area contributed by atoms with E-state index in [4.69, 9.17) is 19.9 Å². The molecule has 13 nitrogen and oxygen atoms in total. The highest BCUT2D eigenvalue weighted by Gasteiger charge is 2.45. The summed E-state index contributed by atoms with van der Waals surface area (Å²) in [5.74, 6) is 0.560. The van der Waals surface area contributed by atoms with Crippen LogP contribution in [0, 0.1) is 6.92 Å². The predicted octanol–water partition coefficient (Wildman–Crippen LogP) is 4.18. The number of rotatable bonds is 5. The Morgan fingerprint density at radius 2 is 2.02 bits per heavy atom. The Morgan fingerprint density at radius 3 is 2.77 bits per heavy atom. The van der Waals surface area contributed by atoms with Crippen LogP contribution in [0.1, 0.15) is 67.6 Å². The fourth-order valence-corrected chi connectivity index (χ4v) is 7.50. The average molecular weight is 692 g/mol. The monoisotopic (exact) mass is 690 g/mol. The minimum Gasteiger partial charge on any atom is -0.471 e. The van der Waals surface area contributed by atoms with E-state index in [1.165, 1.54) is 17.7 Å². The summed E-state index contributed by atoms with van der Waals surface area (Å²) in [4.78, 5) is 39.2. The Labute approximate surface area is 268 Å². The van der Waals surface area contributed by atoms with Crippen molar-refractivity contribution < 1.29 is 23.8 Å². The van der Waals surface area contributed by atoms with E-state index in [0.717, 1.165) is 40.2 Å². The van der Waals surface area contributed by atoms with E-state index in [9.17, 15) is 9.59 Å². The lowest BCUT2D eigenvalue weighted by Crippen LogP contribution is -2.48. The fourth-order valence-electron chi connectivity index (χ4n) is 6.26. The molecule has 3 aliphatic rings. The molecule has 44 heavy (non-hydrogen) atoms. The zero-order chi connectivity index (χ0) is 31.2. The van der Waals surface area contributed by atoms with Crippen LogP contribution in [0.15, 0.2) is 17.0 Å². The molecule has 3 fully saturated rings. The molecule has 0 aromatic carbocycles. The quantitative estimate of drug-likeness (QED) is 0.399. The summed E-state index contributed by atoms with van der Waals surface area (Å²) in [7, 11) is 0. The van der Waals surface area contributed by atoms with Gasteiger partial charge in [0.2, 0.25) is 5.88 Å². The van der Waals surface area contributed by atoms with Crippen LogP contribution in [0.5, 0.6) is 5.88 Å². The first kappa shape index (κ1) is 30.8. The maximum absolute atomic E-state index is 13.6. The molecule has 3 aromatic rings. The minimum absolute atomic E-state index is 0.0701. The number of likely N-dealkylation sites (tertiary alicyclic amines) is 1. The number of nitrogen functional groups attached to an aromatic ring is 1. The number of nitrogens with two attached hydrogens (primary N) is 1. The Bertz CT molecular complexity index is 1550. The number of carbonyl (C=O) groups is 2. The van der Waals surface area contributed by atoms with Crippen molar-refractivity contribution in [1.29, 1.82) is 0 Å². The maximum Gasteiger partial charge on any atom is 0.410 e. The van der Waals surface area contributed by atoms with E-state index in [-0.39, 0.29) is 29.7 Å². The van der Waals surface area contributed by atoms with Crippen LogP contribution in [-0.2, 0) is 9.47 Å². The van der Waals surface area contributed by atoms with Crippen LogP contribution in [-0.4, -0.2) is 92.6 Å². The molecule has 2 amide bonds. The van der Waals surface area contributed by atoms with Crippen LogP contribution < -0.4 is 20.7 Å². The van der Waals surface area contributed by atoms with Crippen molar-refractivity contribution in [2.75, 3.05) is 43.4 Å². The van der Waals surface area contributed by atoms with Gasteiger partial charge in [-0.25, -0.2) is 19.3 Å². The van der Waals surface area contributed by atoms with Crippen molar-refractivity contribution in [3.8, 4) is 5.88 Å². The number of amides is 2. The largest absolute Gasteiger partial charge is 0.471 e. The van der Waals surface area contributed by atoms with Crippen molar-refractivity contribution in [2.24, 2.45) is 0 Å². The zero-order valence-electron chi connectivity index (χ0n) is 25.5. The molecule has 3 aliphatic heterocycles. The maximum atomic E-state index is 13.6. The predicted molar refractivity (Wildman–Crippen MR) is 169 cm³/mol. The van der Waals surface area contributed by atoms with E-state index < -0.39 is 5.60 Å². The van der Waals surface area contributed by atoms with Gasteiger partial charge in [0.15, 0.2) is 10.7 Å². The standard InChI is InChI=1S/C29H39BrN8O5S/c1-17-34-26(42-19-13-29(41-15-19)7-10-36(11-8-29)27(40)43-28(2,3)4)23(44-17)25(39)35-18-6-5-9-37(14-18)20-12-21(30)38-22(20)24(31)32-16-33-38/h12,16,18-19H,5-11,13-15H2,1-4H3,(H,35,39)(H2,31,32,33)/t18-,19?/m1/s1. The lowest BCUT2D eigenvalue weighted by Gasteiger charge is -2.38. The number of thiazole rings is 1. The highest BCUT2D eigenvalue weighted by atomic mass is 79.9. The van der Waals surface area contributed by atoms with Gasteiger partial charge in [-0.3, -0.25) is 4.79 Å². The van der Waals surface area contributed by atoms with E-state index in [2.05, 4.69) is 41.2 Å². The molecule has 2 atom stereocenters. The number of halogens is 1. The average Bonchev–Trinajstić information content (AvgIpc) is 3.64. The first-order chi connectivity index (χ1) is 20.9. The fraction of sp³-hybridized carbons (Fsp3) is 0.621. The van der Waals surface area contributed by atoms with Crippen molar-refractivity contribution in [3.63, 3.8) is 0 Å². The second kappa shape index (κ2) is 12.0. The highest BCUT2D eigenvalue weighted by Crippen LogP contribution is 2.39. The topological polar surface area (TPSA) is 149 Å². The Hall–Kier alpha value is -3.17. The molecular weight excluding hydrogens is 652 g/mol. The van der Waals surface area contributed by atoms with Gasteiger partial charge >= 0.3 is 6.09 Å². The number of ether oxygens (including phenoxy) is 3. The molecule has 3 aromatic heterocycles. The number of fused-ring (bicyclic) bond motifs is 1. The first-order valence-electron chi connectivity index (χ1n) is 15.0. The molecule has 0 aliphatic carbocycles. The second-order valence-electron chi connectivity index (χ2n) is 12.8. The van der Waals surface area contributed by atoms with Crippen LogP contribution in [0.2, 0.25) is 0 Å². The van der Waals surface area contributed by atoms with Gasteiger partial charge in [0.25, 0.3) is 5.91 Å². The summed E-state index contributed by atoms with van der Waals surface area (Å²) in [5, 5.41) is 8.28. The third-order valence-electron chi connectivity index (χ3n) is 8.31. The van der Waals surface area contributed by atoms with Gasteiger partial charge in [0.05, 0.1) is 22.9 Å². The van der Waals surface area contributed by atoms with Crippen molar-refractivity contribution >= 4 is 56.3 Å². The van der Waals surface area contributed by atoms with Gasteiger partial charge in [0, 0.05) is 38.6 Å². The number of aromatic nitrogens is 4. The number of piperidine rings is 2. The molecule has 3 N–H and O–H groups in total. The number of hydrogen-bond acceptors (Lipinski definition) is 11. The number of anilines is 2. The normalized spacial score (nSPS) is 22.0. The third-order valence-corrected chi connectivity index (χ3v) is 9.82. The summed E-state index contributed by atoms with van der Waals surface area (Å²) in [6.07, 6.45) is 4.77. The van der Waals surface area contributed by atoms with E-state index in [0.29, 0.717) is 62.1 Å². The molecule has 238 valence electrons. The van der Waals surface area contributed by atoms with Gasteiger partial charge < -0.3 is 35.1 Å². The minimum atomic E-state index is -0.528. The zero-order valence-corrected chi connectivity index (χ0v) is 27.9. The van der Waals surface area contributed by atoms with E-state index in [1.807, 2.05) is 33.8 Å². The molecule has 3 saturated heterocycles. The van der Waals surface area contributed by atoms with Gasteiger partial charge in [-0.2, -0.15) is 5.10 Å². The number of hydrogen-bond donors (Lipinski definition) is 2. The Balaban J connectivity index is 1.07. The van der Waals surface area contributed by atoms with E-state index in [1.54, 1.807) is 9.42 Å². The number of carbonyl (C=O) groups excluding carboxylic acids is 2. The van der Waals surface area contributed by atoms with Crippen molar-refractivity contribution in [1.82, 2.24) is 29.8 Å². The number of nitrogens with zero attached hydrogens (tertiary/aromatic N) is 6. The van der Waals surface area contributed by atoms with Crippen LogP contribution in [0.4, 0.5) is 16.3 Å². The van der Waals surface area contributed by atoms with Crippen LogP contribution in [0.3, 0.4) is 0 Å². The second-order valence-corrected chi connectivity index (χ2v) is 14.8. The van der Waals surface area contributed by atoms with E-state index >= 15 is 0 Å². The van der Waals surface area contributed by atoms with Crippen LogP contribution in [0.25, 0.3) is 5.52 Å². The van der Waals surface area contributed by atoms with Crippen molar-refractivity contribution in [2.45, 2.75) is 83.1 Å².